The first-order chi connectivity index (χ1) is 9.78. The second kappa shape index (κ2) is 4.87. The summed E-state index contributed by atoms with van der Waals surface area (Å²) in [4.78, 5) is 18.9. The number of pyridine rings is 1. The molecule has 114 valence electrons. The zero-order valence-electron chi connectivity index (χ0n) is 13.0. The maximum atomic E-state index is 12.5. The van der Waals surface area contributed by atoms with Crippen molar-refractivity contribution in [2.45, 2.75) is 65.1 Å². The molecule has 2 heterocycles. The number of nitrogens with zero attached hydrogens (tertiary/aromatic N) is 2. The Bertz CT molecular complexity index is 607. The summed E-state index contributed by atoms with van der Waals surface area (Å²) < 4.78 is 5.54. The molecule has 5 heteroatoms. The molecule has 0 spiro atoms. The summed E-state index contributed by atoms with van der Waals surface area (Å²) in [6, 6.07) is 0.0733. The topological polar surface area (TPSA) is 42.4 Å². The van der Waals surface area contributed by atoms with Crippen molar-refractivity contribution >= 4 is 17.7 Å². The summed E-state index contributed by atoms with van der Waals surface area (Å²) >= 11 is 6.42. The van der Waals surface area contributed by atoms with Gasteiger partial charge in [-0.1, -0.05) is 11.6 Å². The van der Waals surface area contributed by atoms with Crippen molar-refractivity contribution in [1.82, 2.24) is 9.88 Å². The van der Waals surface area contributed by atoms with Gasteiger partial charge in [-0.25, -0.2) is 4.79 Å². The van der Waals surface area contributed by atoms with E-state index in [0.717, 1.165) is 36.2 Å². The van der Waals surface area contributed by atoms with Crippen LogP contribution in [0.3, 0.4) is 0 Å². The van der Waals surface area contributed by atoms with Crippen LogP contribution in [0.1, 0.15) is 62.2 Å². The van der Waals surface area contributed by atoms with E-state index >= 15 is 0 Å². The molecule has 1 amide bonds. The number of rotatable bonds is 0. The van der Waals surface area contributed by atoms with Crippen LogP contribution in [-0.4, -0.2) is 21.6 Å². The quantitative estimate of drug-likeness (QED) is 0.722. The molecule has 1 unspecified atom stereocenters. The second-order valence-corrected chi connectivity index (χ2v) is 7.24. The molecule has 4 nitrogen and oxygen atoms in total. The lowest BCUT2D eigenvalue weighted by molar-refractivity contribution is 0.0158. The highest BCUT2D eigenvalue weighted by Gasteiger charge is 2.41. The normalized spacial score (nSPS) is 20.4. The standard InChI is InChI=1S/C16H21ClN2O2/c1-9-14(17)10-8-19(15(20)21-16(2,3)4)12-7-5-6-11(18-9)13(10)12/h12H,5-8H2,1-4H3. The Morgan fingerprint density at radius 3 is 2.81 bits per heavy atom. The summed E-state index contributed by atoms with van der Waals surface area (Å²) in [5.41, 5.74) is 3.71. The number of aryl methyl sites for hydroxylation is 2. The molecule has 21 heavy (non-hydrogen) atoms. The van der Waals surface area contributed by atoms with Gasteiger partial charge in [0.2, 0.25) is 0 Å². The smallest absolute Gasteiger partial charge is 0.411 e. The van der Waals surface area contributed by atoms with Crippen LogP contribution in [0.4, 0.5) is 4.79 Å². The van der Waals surface area contributed by atoms with Gasteiger partial charge in [0.05, 0.1) is 23.3 Å². The monoisotopic (exact) mass is 308 g/mol. The Kier molecular flexibility index (Phi) is 3.40. The molecule has 0 radical (unpaired) electrons. The number of carbonyl (C=O) groups is 1. The third-order valence-electron chi connectivity index (χ3n) is 4.08. The van der Waals surface area contributed by atoms with Gasteiger partial charge in [0, 0.05) is 11.3 Å². The minimum Gasteiger partial charge on any atom is -0.444 e. The van der Waals surface area contributed by atoms with E-state index in [1.54, 1.807) is 0 Å². The molecular weight excluding hydrogens is 288 g/mol. The van der Waals surface area contributed by atoms with Crippen LogP contribution in [0.5, 0.6) is 0 Å². The highest BCUT2D eigenvalue weighted by molar-refractivity contribution is 6.32. The lowest BCUT2D eigenvalue weighted by Gasteiger charge is -2.30. The van der Waals surface area contributed by atoms with Crippen LogP contribution in [0.15, 0.2) is 0 Å². The molecule has 1 atom stereocenters. The number of halogens is 1. The molecule has 1 aromatic rings. The predicted molar refractivity (Wildman–Crippen MR) is 81.4 cm³/mol. The molecule has 1 aromatic heterocycles. The van der Waals surface area contributed by atoms with Crippen molar-refractivity contribution in [2.24, 2.45) is 0 Å². The highest BCUT2D eigenvalue weighted by Crippen LogP contribution is 2.45. The van der Waals surface area contributed by atoms with Crippen molar-refractivity contribution in [2.75, 3.05) is 0 Å². The molecule has 2 aliphatic rings. The largest absolute Gasteiger partial charge is 0.444 e. The van der Waals surface area contributed by atoms with Gasteiger partial charge in [0.25, 0.3) is 0 Å². The zero-order valence-corrected chi connectivity index (χ0v) is 13.8. The first-order valence-corrected chi connectivity index (χ1v) is 7.83. The molecule has 0 bridgehead atoms. The molecular formula is C16H21ClN2O2. The van der Waals surface area contributed by atoms with Gasteiger partial charge in [-0.05, 0) is 52.5 Å². The van der Waals surface area contributed by atoms with E-state index in [1.165, 1.54) is 5.56 Å². The summed E-state index contributed by atoms with van der Waals surface area (Å²) in [7, 11) is 0. The fourth-order valence-corrected chi connectivity index (χ4v) is 3.48. The number of carbonyl (C=O) groups excluding carboxylic acids is 1. The molecule has 1 aliphatic heterocycles. The molecule has 3 rings (SSSR count). The molecule has 0 N–H and O–H groups in total. The van der Waals surface area contributed by atoms with E-state index in [9.17, 15) is 4.79 Å². The first kappa shape index (κ1) is 14.6. The minimum atomic E-state index is -0.485. The van der Waals surface area contributed by atoms with E-state index in [-0.39, 0.29) is 12.1 Å². The number of ether oxygens (including phenoxy) is 1. The van der Waals surface area contributed by atoms with Crippen molar-refractivity contribution in [3.05, 3.63) is 27.5 Å². The second-order valence-electron chi connectivity index (χ2n) is 6.87. The molecule has 0 aromatic carbocycles. The van der Waals surface area contributed by atoms with Gasteiger partial charge in [0.1, 0.15) is 5.60 Å². The third-order valence-corrected chi connectivity index (χ3v) is 4.58. The van der Waals surface area contributed by atoms with E-state index < -0.39 is 5.60 Å². The Labute approximate surface area is 130 Å². The highest BCUT2D eigenvalue weighted by atomic mass is 35.5. The van der Waals surface area contributed by atoms with Gasteiger partial charge < -0.3 is 4.74 Å². The molecule has 0 saturated heterocycles. The summed E-state index contributed by atoms with van der Waals surface area (Å²) in [5, 5.41) is 0.701. The average Bonchev–Trinajstić information content (AvgIpc) is 2.75. The van der Waals surface area contributed by atoms with Gasteiger partial charge in [-0.15, -0.1) is 0 Å². The van der Waals surface area contributed by atoms with Gasteiger partial charge in [-0.2, -0.15) is 0 Å². The molecule has 0 fully saturated rings. The maximum Gasteiger partial charge on any atom is 0.411 e. The van der Waals surface area contributed by atoms with Crippen LogP contribution >= 0.6 is 11.6 Å². The average molecular weight is 309 g/mol. The van der Waals surface area contributed by atoms with Crippen molar-refractivity contribution < 1.29 is 9.53 Å². The Hall–Kier alpha value is -1.29. The van der Waals surface area contributed by atoms with Crippen LogP contribution in [0.25, 0.3) is 0 Å². The number of hydrogen-bond donors (Lipinski definition) is 0. The van der Waals surface area contributed by atoms with Gasteiger partial charge in [-0.3, -0.25) is 9.88 Å². The number of aromatic nitrogens is 1. The van der Waals surface area contributed by atoms with E-state index in [0.29, 0.717) is 11.6 Å². The Morgan fingerprint density at radius 2 is 2.14 bits per heavy atom. The van der Waals surface area contributed by atoms with Crippen LogP contribution in [-0.2, 0) is 17.7 Å². The fourth-order valence-electron chi connectivity index (χ4n) is 3.27. The summed E-state index contributed by atoms with van der Waals surface area (Å²) in [6.07, 6.45) is 2.72. The Morgan fingerprint density at radius 1 is 1.43 bits per heavy atom. The van der Waals surface area contributed by atoms with E-state index in [2.05, 4.69) is 4.98 Å². The lowest BCUT2D eigenvalue weighted by Crippen LogP contribution is -2.36. The molecule has 1 aliphatic carbocycles. The maximum absolute atomic E-state index is 12.5. The predicted octanol–water partition coefficient (Wildman–Crippen LogP) is 4.17. The minimum absolute atomic E-state index is 0.0733. The fraction of sp³-hybridized carbons (Fsp3) is 0.625. The van der Waals surface area contributed by atoms with Crippen LogP contribution in [0, 0.1) is 6.92 Å². The van der Waals surface area contributed by atoms with Crippen LogP contribution in [0.2, 0.25) is 5.02 Å². The number of hydrogen-bond acceptors (Lipinski definition) is 3. The third kappa shape index (κ3) is 2.50. The van der Waals surface area contributed by atoms with Crippen molar-refractivity contribution in [3.63, 3.8) is 0 Å². The summed E-state index contributed by atoms with van der Waals surface area (Å²) in [6.45, 7) is 8.13. The Balaban J connectivity index is 1.98. The molecule has 0 saturated carbocycles. The summed E-state index contributed by atoms with van der Waals surface area (Å²) in [5.74, 6) is 0. The number of amides is 1. The SMILES string of the molecule is Cc1nc2c3c(c1Cl)CN(C(=O)OC(C)(C)C)C3CCC2. The van der Waals surface area contributed by atoms with Gasteiger partial charge in [0.15, 0.2) is 0 Å². The van der Waals surface area contributed by atoms with Gasteiger partial charge >= 0.3 is 6.09 Å². The van der Waals surface area contributed by atoms with E-state index in [4.69, 9.17) is 16.3 Å². The van der Waals surface area contributed by atoms with Crippen molar-refractivity contribution in [1.29, 1.82) is 0 Å². The lowest BCUT2D eigenvalue weighted by atomic mass is 9.90. The first-order valence-electron chi connectivity index (χ1n) is 7.45. The van der Waals surface area contributed by atoms with E-state index in [1.807, 2.05) is 32.6 Å². The van der Waals surface area contributed by atoms with Crippen molar-refractivity contribution in [3.8, 4) is 0 Å². The van der Waals surface area contributed by atoms with Crippen LogP contribution < -0.4 is 0 Å². The zero-order chi connectivity index (χ0) is 15.4.